The second-order valence-corrected chi connectivity index (χ2v) is 7.31. The Hall–Kier alpha value is -2.57. The minimum Gasteiger partial charge on any atom is -0.491 e. The molecule has 1 aromatic carbocycles. The number of nitrogens with one attached hydrogen (secondary N) is 2. The van der Waals surface area contributed by atoms with Crippen LogP contribution in [0, 0.1) is 0 Å². The summed E-state index contributed by atoms with van der Waals surface area (Å²) in [5, 5.41) is 14.6. The third kappa shape index (κ3) is 6.27. The molecule has 0 fully saturated rings. The fourth-order valence-corrected chi connectivity index (χ4v) is 2.80. The molecule has 0 radical (unpaired) electrons. The predicted octanol–water partition coefficient (Wildman–Crippen LogP) is 2.38. The van der Waals surface area contributed by atoms with Crippen molar-refractivity contribution in [2.45, 2.75) is 46.1 Å². The first-order valence-electron chi connectivity index (χ1n) is 9.49. The van der Waals surface area contributed by atoms with E-state index >= 15 is 0 Å². The number of guanidine groups is 1. The van der Waals surface area contributed by atoms with Gasteiger partial charge in [0.25, 0.3) is 0 Å². The van der Waals surface area contributed by atoms with Crippen LogP contribution in [0.5, 0.6) is 5.75 Å². The summed E-state index contributed by atoms with van der Waals surface area (Å²) in [5.74, 6) is 2.69. The highest BCUT2D eigenvalue weighted by Crippen LogP contribution is 2.30. The van der Waals surface area contributed by atoms with Crippen molar-refractivity contribution in [1.82, 2.24) is 25.4 Å². The van der Waals surface area contributed by atoms with Gasteiger partial charge in [0.15, 0.2) is 5.96 Å². The topological polar surface area (TPSA) is 76.4 Å². The molecule has 7 heteroatoms. The van der Waals surface area contributed by atoms with Crippen LogP contribution in [0.2, 0.25) is 0 Å². The molecule has 7 nitrogen and oxygen atoms in total. The standard InChI is InChI=1S/C20H32N6O/c1-6-18-25-24-15-26(18)13-11-22-19(21-5)23-12-14-27-17-10-8-7-9-16(17)20(2,3)4/h7-10,15H,6,11-14H2,1-5H3,(H2,21,22,23). The Labute approximate surface area is 162 Å². The Balaban J connectivity index is 1.74. The normalized spacial score (nSPS) is 12.1. The summed E-state index contributed by atoms with van der Waals surface area (Å²) in [6.07, 6.45) is 2.64. The number of para-hydroxylation sites is 1. The summed E-state index contributed by atoms with van der Waals surface area (Å²) in [6.45, 7) is 11.4. The van der Waals surface area contributed by atoms with E-state index in [4.69, 9.17) is 4.74 Å². The fraction of sp³-hybridized carbons (Fsp3) is 0.550. The molecule has 1 aromatic heterocycles. The molecule has 0 aliphatic rings. The molecule has 0 aliphatic heterocycles. The van der Waals surface area contributed by atoms with Gasteiger partial charge < -0.3 is 19.9 Å². The molecule has 0 saturated carbocycles. The van der Waals surface area contributed by atoms with Crippen molar-refractivity contribution in [3.05, 3.63) is 42.0 Å². The monoisotopic (exact) mass is 372 g/mol. The first kappa shape index (κ1) is 20.7. The van der Waals surface area contributed by atoms with E-state index in [0.717, 1.165) is 37.0 Å². The van der Waals surface area contributed by atoms with Crippen LogP contribution in [0.3, 0.4) is 0 Å². The lowest BCUT2D eigenvalue weighted by molar-refractivity contribution is 0.313. The Kier molecular flexibility index (Phi) is 7.64. The van der Waals surface area contributed by atoms with Gasteiger partial charge in [-0.2, -0.15) is 0 Å². The van der Waals surface area contributed by atoms with E-state index in [0.29, 0.717) is 13.2 Å². The Morgan fingerprint density at radius 2 is 1.93 bits per heavy atom. The van der Waals surface area contributed by atoms with Crippen LogP contribution in [0.25, 0.3) is 0 Å². The van der Waals surface area contributed by atoms with Crippen LogP contribution in [0.4, 0.5) is 0 Å². The number of ether oxygens (including phenoxy) is 1. The molecule has 0 unspecified atom stereocenters. The van der Waals surface area contributed by atoms with Crippen molar-refractivity contribution in [2.75, 3.05) is 26.7 Å². The van der Waals surface area contributed by atoms with E-state index in [9.17, 15) is 0 Å². The lowest BCUT2D eigenvalue weighted by Gasteiger charge is -2.22. The molecule has 2 N–H and O–H groups in total. The van der Waals surface area contributed by atoms with Gasteiger partial charge in [0.05, 0.1) is 6.54 Å². The number of nitrogens with zero attached hydrogens (tertiary/aromatic N) is 4. The highest BCUT2D eigenvalue weighted by Gasteiger charge is 2.18. The second kappa shape index (κ2) is 9.94. The third-order valence-corrected chi connectivity index (χ3v) is 4.23. The van der Waals surface area contributed by atoms with Crippen LogP contribution in [0.15, 0.2) is 35.6 Å². The number of hydrogen-bond acceptors (Lipinski definition) is 4. The smallest absolute Gasteiger partial charge is 0.191 e. The Morgan fingerprint density at radius 3 is 2.63 bits per heavy atom. The maximum atomic E-state index is 5.99. The molecule has 148 valence electrons. The van der Waals surface area contributed by atoms with Crippen LogP contribution in [-0.2, 0) is 18.4 Å². The zero-order chi connectivity index (χ0) is 19.7. The van der Waals surface area contributed by atoms with E-state index in [2.05, 4.69) is 65.7 Å². The maximum absolute atomic E-state index is 5.99. The van der Waals surface area contributed by atoms with Gasteiger partial charge in [0.1, 0.15) is 24.5 Å². The molecule has 0 amide bonds. The molecule has 2 rings (SSSR count). The second-order valence-electron chi connectivity index (χ2n) is 7.31. The molecule has 0 atom stereocenters. The molecular formula is C20H32N6O. The summed E-state index contributed by atoms with van der Waals surface area (Å²) >= 11 is 0. The van der Waals surface area contributed by atoms with Gasteiger partial charge >= 0.3 is 0 Å². The number of aliphatic imine (C=N–C) groups is 1. The van der Waals surface area contributed by atoms with Crippen LogP contribution < -0.4 is 15.4 Å². The molecule has 2 aromatic rings. The van der Waals surface area contributed by atoms with E-state index in [-0.39, 0.29) is 5.41 Å². The van der Waals surface area contributed by atoms with Gasteiger partial charge in [-0.3, -0.25) is 4.99 Å². The SMILES string of the molecule is CCc1nncn1CCNC(=NC)NCCOc1ccccc1C(C)(C)C. The molecule has 1 heterocycles. The van der Waals surface area contributed by atoms with E-state index < -0.39 is 0 Å². The number of aryl methyl sites for hydroxylation is 1. The number of aromatic nitrogens is 3. The Morgan fingerprint density at radius 1 is 1.19 bits per heavy atom. The lowest BCUT2D eigenvalue weighted by Crippen LogP contribution is -2.40. The Bertz CT molecular complexity index is 732. The average molecular weight is 373 g/mol. The summed E-state index contributed by atoms with van der Waals surface area (Å²) in [5.41, 5.74) is 1.27. The summed E-state index contributed by atoms with van der Waals surface area (Å²) in [6, 6.07) is 8.21. The van der Waals surface area contributed by atoms with Crippen molar-refractivity contribution in [2.24, 2.45) is 4.99 Å². The first-order valence-corrected chi connectivity index (χ1v) is 9.49. The van der Waals surface area contributed by atoms with E-state index in [1.807, 2.05) is 16.7 Å². The van der Waals surface area contributed by atoms with E-state index in [1.54, 1.807) is 13.4 Å². The summed E-state index contributed by atoms with van der Waals surface area (Å²) < 4.78 is 8.03. The van der Waals surface area contributed by atoms with Crippen molar-refractivity contribution in [1.29, 1.82) is 0 Å². The molecule has 0 saturated heterocycles. The predicted molar refractivity (Wildman–Crippen MR) is 109 cm³/mol. The lowest BCUT2D eigenvalue weighted by atomic mass is 9.86. The molecule has 0 aliphatic carbocycles. The number of rotatable bonds is 8. The summed E-state index contributed by atoms with van der Waals surface area (Å²) in [7, 11) is 1.77. The van der Waals surface area contributed by atoms with Crippen molar-refractivity contribution in [3.63, 3.8) is 0 Å². The minimum absolute atomic E-state index is 0.0567. The largest absolute Gasteiger partial charge is 0.491 e. The van der Waals surface area contributed by atoms with Crippen LogP contribution in [0.1, 0.15) is 39.1 Å². The minimum atomic E-state index is 0.0567. The molecular weight excluding hydrogens is 340 g/mol. The first-order chi connectivity index (χ1) is 13.0. The highest BCUT2D eigenvalue weighted by molar-refractivity contribution is 5.79. The third-order valence-electron chi connectivity index (χ3n) is 4.23. The fourth-order valence-electron chi connectivity index (χ4n) is 2.80. The maximum Gasteiger partial charge on any atom is 0.191 e. The van der Waals surface area contributed by atoms with Gasteiger partial charge in [-0.15, -0.1) is 10.2 Å². The van der Waals surface area contributed by atoms with Gasteiger partial charge in [-0.1, -0.05) is 45.9 Å². The highest BCUT2D eigenvalue weighted by atomic mass is 16.5. The number of hydrogen-bond donors (Lipinski definition) is 2. The zero-order valence-electron chi connectivity index (χ0n) is 17.1. The zero-order valence-corrected chi connectivity index (χ0v) is 17.1. The number of benzene rings is 1. The van der Waals surface area contributed by atoms with Crippen molar-refractivity contribution in [3.8, 4) is 5.75 Å². The van der Waals surface area contributed by atoms with Gasteiger partial charge in [0, 0.05) is 26.6 Å². The molecule has 0 spiro atoms. The average Bonchev–Trinajstić information content (AvgIpc) is 3.10. The molecule has 0 bridgehead atoms. The molecule has 27 heavy (non-hydrogen) atoms. The van der Waals surface area contributed by atoms with Crippen molar-refractivity contribution < 1.29 is 4.74 Å². The summed E-state index contributed by atoms with van der Waals surface area (Å²) in [4.78, 5) is 4.25. The van der Waals surface area contributed by atoms with Gasteiger partial charge in [-0.25, -0.2) is 0 Å². The van der Waals surface area contributed by atoms with Gasteiger partial charge in [0.2, 0.25) is 0 Å². The van der Waals surface area contributed by atoms with Gasteiger partial charge in [-0.05, 0) is 17.0 Å². The van der Waals surface area contributed by atoms with Crippen LogP contribution >= 0.6 is 0 Å². The van der Waals surface area contributed by atoms with Crippen molar-refractivity contribution >= 4 is 5.96 Å². The van der Waals surface area contributed by atoms with E-state index in [1.165, 1.54) is 5.56 Å². The quantitative estimate of drug-likeness (QED) is 0.423. The van der Waals surface area contributed by atoms with Crippen LogP contribution in [-0.4, -0.2) is 47.5 Å².